The van der Waals surface area contributed by atoms with Crippen LogP contribution in [0.25, 0.3) is 22.3 Å². The molecular weight excluding hydrogens is 316 g/mol. The highest BCUT2D eigenvalue weighted by atomic mass is 14.5. The molecule has 26 heavy (non-hydrogen) atoms. The molecule has 128 valence electrons. The Bertz CT molecular complexity index is 832. The van der Waals surface area contributed by atoms with Gasteiger partial charge in [-0.25, -0.2) is 0 Å². The van der Waals surface area contributed by atoms with Crippen molar-refractivity contribution >= 4 is 11.4 Å². The Kier molecular flexibility index (Phi) is 5.69. The van der Waals surface area contributed by atoms with E-state index in [-0.39, 0.29) is 0 Å². The minimum atomic E-state index is 0.782. The summed E-state index contributed by atoms with van der Waals surface area (Å²) in [6, 6.07) is 36.4. The number of benzene rings is 4. The first-order valence-corrected chi connectivity index (χ1v) is 8.54. The van der Waals surface area contributed by atoms with E-state index >= 15 is 0 Å². The summed E-state index contributed by atoms with van der Waals surface area (Å²) in [5, 5.41) is 0. The standard InChI is InChI=1S/C12H12N2.C12H10/c13-11-5-1-9(2-6-11)10-3-7-12(14)8-4-10;1-3-7-11(8-4-1)12-9-5-2-6-10-12/h1-8H,13-14H2;1-10H. The summed E-state index contributed by atoms with van der Waals surface area (Å²) < 4.78 is 0. The van der Waals surface area contributed by atoms with E-state index in [0.717, 1.165) is 22.5 Å². The molecule has 2 nitrogen and oxygen atoms in total. The lowest BCUT2D eigenvalue weighted by molar-refractivity contribution is 1.61. The molecule has 0 bridgehead atoms. The Labute approximate surface area is 154 Å². The fourth-order valence-electron chi connectivity index (χ4n) is 2.61. The molecule has 0 radical (unpaired) electrons. The zero-order valence-electron chi connectivity index (χ0n) is 14.5. The van der Waals surface area contributed by atoms with Crippen molar-refractivity contribution in [3.05, 3.63) is 109 Å². The van der Waals surface area contributed by atoms with Crippen LogP contribution < -0.4 is 11.5 Å². The molecule has 0 atom stereocenters. The maximum absolute atomic E-state index is 5.61. The van der Waals surface area contributed by atoms with Crippen LogP contribution in [-0.2, 0) is 0 Å². The average Bonchev–Trinajstić information content (AvgIpc) is 2.71. The molecule has 4 N–H and O–H groups in total. The minimum Gasteiger partial charge on any atom is -0.399 e. The molecular formula is C24H22N2. The highest BCUT2D eigenvalue weighted by Gasteiger charge is 1.96. The van der Waals surface area contributed by atoms with Crippen LogP contribution in [0.1, 0.15) is 0 Å². The van der Waals surface area contributed by atoms with Gasteiger partial charge in [0.05, 0.1) is 0 Å². The van der Waals surface area contributed by atoms with Gasteiger partial charge in [-0.3, -0.25) is 0 Å². The minimum absolute atomic E-state index is 0.782. The topological polar surface area (TPSA) is 52.0 Å². The lowest BCUT2D eigenvalue weighted by atomic mass is 10.1. The Morgan fingerprint density at radius 1 is 0.308 bits per heavy atom. The molecule has 0 aliphatic heterocycles. The summed E-state index contributed by atoms with van der Waals surface area (Å²) >= 11 is 0. The van der Waals surface area contributed by atoms with Crippen LogP contribution in [0.2, 0.25) is 0 Å². The van der Waals surface area contributed by atoms with Crippen molar-refractivity contribution in [3.63, 3.8) is 0 Å². The first-order chi connectivity index (χ1) is 12.7. The van der Waals surface area contributed by atoms with Crippen LogP contribution in [0.3, 0.4) is 0 Å². The average molecular weight is 338 g/mol. The van der Waals surface area contributed by atoms with Crippen LogP contribution in [0.4, 0.5) is 11.4 Å². The van der Waals surface area contributed by atoms with E-state index in [4.69, 9.17) is 11.5 Å². The van der Waals surface area contributed by atoms with E-state index in [1.165, 1.54) is 11.1 Å². The van der Waals surface area contributed by atoms with Crippen LogP contribution in [0.15, 0.2) is 109 Å². The Morgan fingerprint density at radius 2 is 0.577 bits per heavy atom. The zero-order valence-corrected chi connectivity index (χ0v) is 14.5. The highest BCUT2D eigenvalue weighted by molar-refractivity contribution is 5.67. The molecule has 4 rings (SSSR count). The maximum atomic E-state index is 5.61. The van der Waals surface area contributed by atoms with Crippen molar-refractivity contribution in [1.29, 1.82) is 0 Å². The summed E-state index contributed by atoms with van der Waals surface area (Å²) in [6.07, 6.45) is 0. The van der Waals surface area contributed by atoms with E-state index in [0.29, 0.717) is 0 Å². The normalized spacial score (nSPS) is 9.85. The predicted molar refractivity (Wildman–Crippen MR) is 113 cm³/mol. The van der Waals surface area contributed by atoms with E-state index in [9.17, 15) is 0 Å². The van der Waals surface area contributed by atoms with Crippen molar-refractivity contribution in [2.75, 3.05) is 11.5 Å². The highest BCUT2D eigenvalue weighted by Crippen LogP contribution is 2.21. The molecule has 2 heteroatoms. The fraction of sp³-hybridized carbons (Fsp3) is 0. The lowest BCUT2D eigenvalue weighted by Gasteiger charge is -2.02. The third-order valence-electron chi connectivity index (χ3n) is 4.04. The Morgan fingerprint density at radius 3 is 0.885 bits per heavy atom. The van der Waals surface area contributed by atoms with Crippen molar-refractivity contribution in [2.45, 2.75) is 0 Å². The van der Waals surface area contributed by atoms with Crippen molar-refractivity contribution < 1.29 is 0 Å². The van der Waals surface area contributed by atoms with Gasteiger partial charge < -0.3 is 11.5 Å². The van der Waals surface area contributed by atoms with Gasteiger partial charge in [-0.05, 0) is 46.5 Å². The van der Waals surface area contributed by atoms with Crippen molar-refractivity contribution in [2.24, 2.45) is 0 Å². The van der Waals surface area contributed by atoms with Gasteiger partial charge in [0.15, 0.2) is 0 Å². The fourth-order valence-corrected chi connectivity index (χ4v) is 2.61. The number of rotatable bonds is 2. The summed E-state index contributed by atoms with van der Waals surface area (Å²) in [5.41, 5.74) is 17.6. The van der Waals surface area contributed by atoms with Crippen molar-refractivity contribution in [3.8, 4) is 22.3 Å². The van der Waals surface area contributed by atoms with Crippen molar-refractivity contribution in [1.82, 2.24) is 0 Å². The molecule has 0 fully saturated rings. The molecule has 4 aromatic carbocycles. The molecule has 0 aliphatic carbocycles. The second-order valence-corrected chi connectivity index (χ2v) is 5.98. The third-order valence-corrected chi connectivity index (χ3v) is 4.04. The molecule has 0 aliphatic rings. The van der Waals surface area contributed by atoms with E-state index < -0.39 is 0 Å². The van der Waals surface area contributed by atoms with Gasteiger partial charge in [0.2, 0.25) is 0 Å². The van der Waals surface area contributed by atoms with Gasteiger partial charge in [0.25, 0.3) is 0 Å². The first kappa shape index (κ1) is 17.3. The largest absolute Gasteiger partial charge is 0.399 e. The summed E-state index contributed by atoms with van der Waals surface area (Å²) in [5.74, 6) is 0. The van der Waals surface area contributed by atoms with Gasteiger partial charge in [-0.15, -0.1) is 0 Å². The summed E-state index contributed by atoms with van der Waals surface area (Å²) in [6.45, 7) is 0. The second kappa shape index (κ2) is 8.54. The monoisotopic (exact) mass is 338 g/mol. The zero-order chi connectivity index (χ0) is 18.2. The van der Waals surface area contributed by atoms with Crippen LogP contribution >= 0.6 is 0 Å². The quantitative estimate of drug-likeness (QED) is 0.449. The molecule has 0 amide bonds. The molecule has 0 saturated heterocycles. The number of nitrogen functional groups attached to an aromatic ring is 2. The van der Waals surface area contributed by atoms with E-state index in [1.807, 2.05) is 60.7 Å². The Hall–Kier alpha value is -3.52. The molecule has 0 heterocycles. The van der Waals surface area contributed by atoms with E-state index in [2.05, 4.69) is 48.5 Å². The summed E-state index contributed by atoms with van der Waals surface area (Å²) in [4.78, 5) is 0. The number of anilines is 2. The lowest BCUT2D eigenvalue weighted by Crippen LogP contribution is -1.85. The maximum Gasteiger partial charge on any atom is 0.0314 e. The molecule has 0 unspecified atom stereocenters. The molecule has 0 saturated carbocycles. The van der Waals surface area contributed by atoms with Crippen LogP contribution in [-0.4, -0.2) is 0 Å². The smallest absolute Gasteiger partial charge is 0.0314 e. The Balaban J connectivity index is 0.000000152. The van der Waals surface area contributed by atoms with Gasteiger partial charge >= 0.3 is 0 Å². The number of nitrogens with two attached hydrogens (primary N) is 2. The predicted octanol–water partition coefficient (Wildman–Crippen LogP) is 5.87. The molecule has 0 spiro atoms. The first-order valence-electron chi connectivity index (χ1n) is 8.54. The van der Waals surface area contributed by atoms with Gasteiger partial charge in [0.1, 0.15) is 0 Å². The SMILES string of the molecule is Nc1ccc(-c2ccc(N)cc2)cc1.c1ccc(-c2ccccc2)cc1. The number of hydrogen-bond acceptors (Lipinski definition) is 2. The third kappa shape index (κ3) is 4.74. The molecule has 4 aromatic rings. The van der Waals surface area contributed by atoms with E-state index in [1.54, 1.807) is 0 Å². The summed E-state index contributed by atoms with van der Waals surface area (Å²) in [7, 11) is 0. The second-order valence-electron chi connectivity index (χ2n) is 5.98. The van der Waals surface area contributed by atoms with Gasteiger partial charge in [0, 0.05) is 11.4 Å². The molecule has 0 aromatic heterocycles. The van der Waals surface area contributed by atoms with Crippen LogP contribution in [0.5, 0.6) is 0 Å². The van der Waals surface area contributed by atoms with Gasteiger partial charge in [-0.1, -0.05) is 84.9 Å². The van der Waals surface area contributed by atoms with Gasteiger partial charge in [-0.2, -0.15) is 0 Å². The number of hydrogen-bond donors (Lipinski definition) is 2. The van der Waals surface area contributed by atoms with Crippen LogP contribution in [0, 0.1) is 0 Å².